The van der Waals surface area contributed by atoms with Gasteiger partial charge in [0.15, 0.2) is 5.69 Å². The van der Waals surface area contributed by atoms with E-state index in [0.717, 1.165) is 16.9 Å². The van der Waals surface area contributed by atoms with Crippen molar-refractivity contribution in [2.45, 2.75) is 38.6 Å². The van der Waals surface area contributed by atoms with Gasteiger partial charge in [0.05, 0.1) is 17.6 Å². The highest BCUT2D eigenvalue weighted by Crippen LogP contribution is 2.25. The molecule has 138 valence electrons. The summed E-state index contributed by atoms with van der Waals surface area (Å²) >= 11 is 0. The summed E-state index contributed by atoms with van der Waals surface area (Å²) in [6.45, 7) is 4.76. The minimum atomic E-state index is -0.937. The maximum atomic E-state index is 12.7. The van der Waals surface area contributed by atoms with Crippen LogP contribution in [-0.4, -0.2) is 45.5 Å². The van der Waals surface area contributed by atoms with Gasteiger partial charge in [-0.25, -0.2) is 4.68 Å². The summed E-state index contributed by atoms with van der Waals surface area (Å²) in [4.78, 5) is 24.0. The van der Waals surface area contributed by atoms with E-state index in [4.69, 9.17) is 4.74 Å². The molecule has 7 nitrogen and oxygen atoms in total. The highest BCUT2D eigenvalue weighted by Gasteiger charge is 2.37. The predicted molar refractivity (Wildman–Crippen MR) is 95.5 cm³/mol. The number of carboxylic acids is 1. The molecule has 0 saturated carbocycles. The Morgan fingerprint density at radius 2 is 1.88 bits per heavy atom. The van der Waals surface area contributed by atoms with E-state index in [1.165, 1.54) is 0 Å². The van der Waals surface area contributed by atoms with Gasteiger partial charge in [0.2, 0.25) is 0 Å². The molecule has 0 aliphatic carbocycles. The van der Waals surface area contributed by atoms with E-state index in [-0.39, 0.29) is 18.0 Å². The molecule has 2 heterocycles. The van der Waals surface area contributed by atoms with Crippen molar-refractivity contribution in [2.75, 3.05) is 13.2 Å². The number of amides is 1. The molecule has 2 aromatic rings. The molecule has 26 heavy (non-hydrogen) atoms. The Bertz CT molecular complexity index is 805. The van der Waals surface area contributed by atoms with E-state index in [1.54, 1.807) is 10.7 Å². The Morgan fingerprint density at radius 3 is 2.50 bits per heavy atom. The fourth-order valence-electron chi connectivity index (χ4n) is 3.24. The molecule has 1 aliphatic rings. The van der Waals surface area contributed by atoms with Gasteiger partial charge >= 0.3 is 5.97 Å². The zero-order valence-corrected chi connectivity index (χ0v) is 15.0. The van der Waals surface area contributed by atoms with Crippen LogP contribution in [0.3, 0.4) is 0 Å². The number of hydrogen-bond acceptors (Lipinski definition) is 4. The summed E-state index contributed by atoms with van der Waals surface area (Å²) in [5.41, 5.74) is 2.34. The first-order valence-electron chi connectivity index (χ1n) is 8.64. The van der Waals surface area contributed by atoms with Gasteiger partial charge in [-0.3, -0.25) is 9.59 Å². The maximum Gasteiger partial charge on any atom is 0.305 e. The van der Waals surface area contributed by atoms with Crippen LogP contribution in [-0.2, 0) is 9.53 Å². The number of ether oxygens (including phenoxy) is 1. The second-order valence-electron chi connectivity index (χ2n) is 6.84. The first kappa shape index (κ1) is 18.1. The highest BCUT2D eigenvalue weighted by atomic mass is 16.5. The van der Waals surface area contributed by atoms with E-state index in [1.807, 2.05) is 38.1 Å². The lowest BCUT2D eigenvalue weighted by molar-refractivity contribution is -0.139. The molecule has 1 fully saturated rings. The van der Waals surface area contributed by atoms with Gasteiger partial charge in [0.25, 0.3) is 5.91 Å². The molecule has 0 spiro atoms. The Balaban J connectivity index is 1.82. The second kappa shape index (κ2) is 7.29. The summed E-state index contributed by atoms with van der Waals surface area (Å²) in [6, 6.07) is 9.58. The molecule has 2 N–H and O–H groups in total. The van der Waals surface area contributed by atoms with Crippen LogP contribution in [0.4, 0.5) is 0 Å². The SMILES string of the molecule is Cc1ccc(-n2nc(C(=O)NC3(CC(=O)O)CCOCC3)cc2C)cc1. The number of carboxylic acid groups (broad SMARTS) is 1. The molecule has 0 unspecified atom stereocenters. The van der Waals surface area contributed by atoms with Crippen molar-refractivity contribution in [3.05, 3.63) is 47.3 Å². The average Bonchev–Trinajstić information content (AvgIpc) is 2.97. The lowest BCUT2D eigenvalue weighted by Gasteiger charge is -2.36. The van der Waals surface area contributed by atoms with Crippen LogP contribution < -0.4 is 5.32 Å². The number of aryl methyl sites for hydroxylation is 2. The molecule has 3 rings (SSSR count). The molecule has 0 atom stereocenters. The number of benzene rings is 1. The standard InChI is InChI=1S/C19H23N3O4/c1-13-3-5-15(6-4-13)22-14(2)11-16(21-22)18(25)20-19(12-17(23)24)7-9-26-10-8-19/h3-6,11H,7-10,12H2,1-2H3,(H,20,25)(H,23,24). The summed E-state index contributed by atoms with van der Waals surface area (Å²) < 4.78 is 7.03. The zero-order chi connectivity index (χ0) is 18.7. The molecule has 1 aliphatic heterocycles. The predicted octanol–water partition coefficient (Wildman–Crippen LogP) is 2.24. The quantitative estimate of drug-likeness (QED) is 0.856. The number of nitrogens with one attached hydrogen (secondary N) is 1. The highest BCUT2D eigenvalue weighted by molar-refractivity contribution is 5.93. The van der Waals surface area contributed by atoms with Crippen LogP contribution in [0.5, 0.6) is 0 Å². The van der Waals surface area contributed by atoms with E-state index < -0.39 is 11.5 Å². The van der Waals surface area contributed by atoms with E-state index in [2.05, 4.69) is 10.4 Å². The normalized spacial score (nSPS) is 16.2. The number of hydrogen-bond donors (Lipinski definition) is 2. The van der Waals surface area contributed by atoms with Crippen LogP contribution in [0.25, 0.3) is 5.69 Å². The molecular weight excluding hydrogens is 334 g/mol. The van der Waals surface area contributed by atoms with Gasteiger partial charge in [-0.2, -0.15) is 5.10 Å². The number of nitrogens with zero attached hydrogens (tertiary/aromatic N) is 2. The summed E-state index contributed by atoms with van der Waals surface area (Å²) in [5, 5.41) is 16.5. The van der Waals surface area contributed by atoms with Gasteiger partial charge in [0.1, 0.15) is 0 Å². The Hall–Kier alpha value is -2.67. The monoisotopic (exact) mass is 357 g/mol. The molecule has 1 amide bonds. The van der Waals surface area contributed by atoms with Crippen molar-refractivity contribution >= 4 is 11.9 Å². The molecule has 0 bridgehead atoms. The third kappa shape index (κ3) is 3.94. The number of carbonyl (C=O) groups is 2. The van der Waals surface area contributed by atoms with Crippen LogP contribution in [0.1, 0.15) is 41.0 Å². The van der Waals surface area contributed by atoms with Crippen LogP contribution in [0.15, 0.2) is 30.3 Å². The van der Waals surface area contributed by atoms with E-state index in [0.29, 0.717) is 26.1 Å². The van der Waals surface area contributed by atoms with Gasteiger partial charge in [-0.05, 0) is 44.9 Å². The smallest absolute Gasteiger partial charge is 0.305 e. The van der Waals surface area contributed by atoms with Crippen molar-refractivity contribution in [3.8, 4) is 5.69 Å². The van der Waals surface area contributed by atoms with Gasteiger partial charge in [0, 0.05) is 18.9 Å². The summed E-state index contributed by atoms with van der Waals surface area (Å²) in [5.74, 6) is -1.30. The number of rotatable bonds is 5. The third-order valence-corrected chi connectivity index (χ3v) is 4.72. The van der Waals surface area contributed by atoms with Gasteiger partial charge in [-0.15, -0.1) is 0 Å². The number of aromatic nitrogens is 2. The first-order valence-corrected chi connectivity index (χ1v) is 8.64. The maximum absolute atomic E-state index is 12.7. The minimum Gasteiger partial charge on any atom is -0.481 e. The Morgan fingerprint density at radius 1 is 1.23 bits per heavy atom. The molecule has 0 radical (unpaired) electrons. The van der Waals surface area contributed by atoms with Gasteiger partial charge in [-0.1, -0.05) is 17.7 Å². The fourth-order valence-corrected chi connectivity index (χ4v) is 3.24. The molecule has 7 heteroatoms. The Labute approximate surface area is 152 Å². The largest absolute Gasteiger partial charge is 0.481 e. The number of aliphatic carboxylic acids is 1. The molecule has 1 aromatic heterocycles. The third-order valence-electron chi connectivity index (χ3n) is 4.72. The van der Waals surface area contributed by atoms with Crippen molar-refractivity contribution in [1.82, 2.24) is 15.1 Å². The Kier molecular flexibility index (Phi) is 5.08. The molecule has 1 saturated heterocycles. The summed E-state index contributed by atoms with van der Waals surface area (Å²) in [7, 11) is 0. The lowest BCUT2D eigenvalue weighted by Crippen LogP contribution is -2.53. The second-order valence-corrected chi connectivity index (χ2v) is 6.84. The van der Waals surface area contributed by atoms with E-state index in [9.17, 15) is 14.7 Å². The van der Waals surface area contributed by atoms with Crippen molar-refractivity contribution in [3.63, 3.8) is 0 Å². The lowest BCUT2D eigenvalue weighted by atomic mass is 9.86. The van der Waals surface area contributed by atoms with Crippen LogP contribution >= 0.6 is 0 Å². The fraction of sp³-hybridized carbons (Fsp3) is 0.421. The topological polar surface area (TPSA) is 93.5 Å². The van der Waals surface area contributed by atoms with Gasteiger partial charge < -0.3 is 15.2 Å². The number of carbonyl (C=O) groups excluding carboxylic acids is 1. The van der Waals surface area contributed by atoms with E-state index >= 15 is 0 Å². The molecular formula is C19H23N3O4. The first-order chi connectivity index (χ1) is 12.4. The average molecular weight is 357 g/mol. The van der Waals surface area contributed by atoms with Crippen molar-refractivity contribution in [1.29, 1.82) is 0 Å². The van der Waals surface area contributed by atoms with Crippen LogP contribution in [0.2, 0.25) is 0 Å². The van der Waals surface area contributed by atoms with Crippen molar-refractivity contribution < 1.29 is 19.4 Å². The summed E-state index contributed by atoms with van der Waals surface area (Å²) in [6.07, 6.45) is 0.825. The van der Waals surface area contributed by atoms with Crippen LogP contribution in [0, 0.1) is 13.8 Å². The zero-order valence-electron chi connectivity index (χ0n) is 15.0. The van der Waals surface area contributed by atoms with Crippen molar-refractivity contribution in [2.24, 2.45) is 0 Å². The minimum absolute atomic E-state index is 0.125. The molecule has 1 aromatic carbocycles.